The van der Waals surface area contributed by atoms with Gasteiger partial charge in [0.05, 0.1) is 16.8 Å². The van der Waals surface area contributed by atoms with Crippen LogP contribution in [0, 0.1) is 13.8 Å². The molecule has 0 unspecified atom stereocenters. The number of aromatic nitrogens is 1. The Hall–Kier alpha value is -3.08. The predicted molar refractivity (Wildman–Crippen MR) is 88.1 cm³/mol. The molecule has 0 aliphatic heterocycles. The zero-order chi connectivity index (χ0) is 16.9. The Morgan fingerprint density at radius 2 is 1.79 bits per heavy atom. The van der Waals surface area contributed by atoms with Crippen molar-refractivity contribution >= 4 is 5.97 Å². The van der Waals surface area contributed by atoms with Gasteiger partial charge in [-0.15, -0.1) is 0 Å². The highest BCUT2D eigenvalue weighted by molar-refractivity contribution is 5.89. The van der Waals surface area contributed by atoms with E-state index in [0.29, 0.717) is 22.8 Å². The van der Waals surface area contributed by atoms with Crippen LogP contribution in [-0.2, 0) is 11.3 Å². The number of hydrogen-bond donors (Lipinski definition) is 0. The Morgan fingerprint density at radius 3 is 2.50 bits per heavy atom. The summed E-state index contributed by atoms with van der Waals surface area (Å²) < 4.78 is 16.1. The largest absolute Gasteiger partial charge is 0.457 e. The second-order valence-corrected chi connectivity index (χ2v) is 5.32. The topological polar surface area (TPSA) is 61.6 Å². The second-order valence-electron chi connectivity index (χ2n) is 5.32. The summed E-state index contributed by atoms with van der Waals surface area (Å²) in [6.45, 7) is 3.73. The fourth-order valence-electron chi connectivity index (χ4n) is 2.24. The van der Waals surface area contributed by atoms with Gasteiger partial charge in [-0.2, -0.15) is 0 Å². The quantitative estimate of drug-likeness (QED) is 0.650. The average molecular weight is 323 g/mol. The van der Waals surface area contributed by atoms with Gasteiger partial charge < -0.3 is 14.0 Å². The van der Waals surface area contributed by atoms with Crippen LogP contribution in [0.3, 0.4) is 0 Å². The van der Waals surface area contributed by atoms with Crippen LogP contribution in [0.4, 0.5) is 0 Å². The summed E-state index contributed by atoms with van der Waals surface area (Å²) in [7, 11) is 0. The molecular weight excluding hydrogens is 306 g/mol. The molecule has 3 rings (SSSR count). The van der Waals surface area contributed by atoms with Crippen molar-refractivity contribution in [3.8, 4) is 11.5 Å². The van der Waals surface area contributed by atoms with Crippen LogP contribution in [0.25, 0.3) is 0 Å². The number of nitrogens with zero attached hydrogens (tertiary/aromatic N) is 1. The summed E-state index contributed by atoms with van der Waals surface area (Å²) in [4.78, 5) is 12.2. The van der Waals surface area contributed by atoms with E-state index >= 15 is 0 Å². The highest BCUT2D eigenvalue weighted by atomic mass is 16.5. The number of rotatable bonds is 5. The molecule has 3 aromatic rings. The standard InChI is InChI=1S/C19H17NO4/c1-13-18(14(2)24-20-13)12-22-19(21)15-7-6-10-17(11-15)23-16-8-4-3-5-9-16/h3-11H,12H2,1-2H3. The zero-order valence-corrected chi connectivity index (χ0v) is 13.5. The minimum absolute atomic E-state index is 0.129. The minimum Gasteiger partial charge on any atom is -0.457 e. The molecule has 0 bridgehead atoms. The van der Waals surface area contributed by atoms with Crippen LogP contribution in [0.2, 0.25) is 0 Å². The summed E-state index contributed by atoms with van der Waals surface area (Å²) in [5.74, 6) is 1.52. The molecule has 0 saturated heterocycles. The number of benzene rings is 2. The molecule has 5 heteroatoms. The molecule has 1 aromatic heterocycles. The number of hydrogen-bond acceptors (Lipinski definition) is 5. The molecule has 0 atom stereocenters. The number of ether oxygens (including phenoxy) is 2. The van der Waals surface area contributed by atoms with Crippen LogP contribution in [0.1, 0.15) is 27.4 Å². The summed E-state index contributed by atoms with van der Waals surface area (Å²) in [6, 6.07) is 16.3. The van der Waals surface area contributed by atoms with Gasteiger partial charge in [-0.1, -0.05) is 29.4 Å². The minimum atomic E-state index is -0.423. The van der Waals surface area contributed by atoms with Gasteiger partial charge in [0.25, 0.3) is 0 Å². The maximum Gasteiger partial charge on any atom is 0.338 e. The van der Waals surface area contributed by atoms with Gasteiger partial charge >= 0.3 is 5.97 Å². The van der Waals surface area contributed by atoms with Crippen molar-refractivity contribution < 1.29 is 18.8 Å². The van der Waals surface area contributed by atoms with E-state index in [1.54, 1.807) is 31.2 Å². The molecule has 122 valence electrons. The molecule has 1 heterocycles. The van der Waals surface area contributed by atoms with Gasteiger partial charge in [-0.05, 0) is 44.2 Å². The molecule has 0 saturated carbocycles. The molecule has 0 spiro atoms. The monoisotopic (exact) mass is 323 g/mol. The van der Waals surface area contributed by atoms with E-state index in [1.807, 2.05) is 37.3 Å². The van der Waals surface area contributed by atoms with E-state index < -0.39 is 5.97 Å². The smallest absolute Gasteiger partial charge is 0.338 e. The van der Waals surface area contributed by atoms with Crippen LogP contribution in [0.5, 0.6) is 11.5 Å². The Balaban J connectivity index is 1.68. The van der Waals surface area contributed by atoms with Crippen molar-refractivity contribution in [1.82, 2.24) is 5.16 Å². The second kappa shape index (κ2) is 7.00. The maximum atomic E-state index is 12.2. The summed E-state index contributed by atoms with van der Waals surface area (Å²) in [5.41, 5.74) is 1.94. The summed E-state index contributed by atoms with van der Waals surface area (Å²) in [5, 5.41) is 3.84. The first-order valence-electron chi connectivity index (χ1n) is 7.55. The van der Waals surface area contributed by atoms with Gasteiger partial charge in [0.1, 0.15) is 23.9 Å². The number of aryl methyl sites for hydroxylation is 2. The maximum absolute atomic E-state index is 12.2. The molecule has 5 nitrogen and oxygen atoms in total. The van der Waals surface area contributed by atoms with E-state index in [1.165, 1.54) is 0 Å². The third-order valence-electron chi connectivity index (χ3n) is 3.58. The van der Waals surface area contributed by atoms with Crippen molar-refractivity contribution in [2.24, 2.45) is 0 Å². The van der Waals surface area contributed by atoms with E-state index in [4.69, 9.17) is 14.0 Å². The Bertz CT molecular complexity index is 820. The lowest BCUT2D eigenvalue weighted by molar-refractivity contribution is 0.0470. The number of para-hydroxylation sites is 1. The Labute approximate surface area is 139 Å². The van der Waals surface area contributed by atoms with Crippen molar-refractivity contribution in [2.45, 2.75) is 20.5 Å². The van der Waals surface area contributed by atoms with Gasteiger partial charge in [-0.25, -0.2) is 4.79 Å². The lowest BCUT2D eigenvalue weighted by Crippen LogP contribution is -2.06. The van der Waals surface area contributed by atoms with E-state index in [0.717, 1.165) is 11.3 Å². The van der Waals surface area contributed by atoms with Crippen molar-refractivity contribution in [1.29, 1.82) is 0 Å². The first-order chi connectivity index (χ1) is 11.6. The van der Waals surface area contributed by atoms with Crippen LogP contribution in [0.15, 0.2) is 59.1 Å². The van der Waals surface area contributed by atoms with Gasteiger partial charge in [0.2, 0.25) is 0 Å². The summed E-state index contributed by atoms with van der Waals surface area (Å²) >= 11 is 0. The molecule has 2 aromatic carbocycles. The number of carbonyl (C=O) groups is 1. The molecule has 0 N–H and O–H groups in total. The number of carbonyl (C=O) groups excluding carboxylic acids is 1. The van der Waals surface area contributed by atoms with E-state index in [9.17, 15) is 4.79 Å². The predicted octanol–water partition coefficient (Wildman–Crippen LogP) is 4.44. The summed E-state index contributed by atoms with van der Waals surface area (Å²) in [6.07, 6.45) is 0. The van der Waals surface area contributed by atoms with Crippen LogP contribution >= 0.6 is 0 Å². The van der Waals surface area contributed by atoms with E-state index in [2.05, 4.69) is 5.16 Å². The first kappa shape index (κ1) is 15.8. The zero-order valence-electron chi connectivity index (χ0n) is 13.5. The lowest BCUT2D eigenvalue weighted by Gasteiger charge is -2.08. The van der Waals surface area contributed by atoms with Gasteiger partial charge in [-0.3, -0.25) is 0 Å². The molecule has 0 amide bonds. The molecule has 24 heavy (non-hydrogen) atoms. The molecule has 0 aliphatic carbocycles. The molecule has 0 aliphatic rings. The Kier molecular flexibility index (Phi) is 4.61. The average Bonchev–Trinajstić information content (AvgIpc) is 2.92. The Morgan fingerprint density at radius 1 is 1.04 bits per heavy atom. The first-order valence-corrected chi connectivity index (χ1v) is 7.55. The third kappa shape index (κ3) is 3.63. The fourth-order valence-corrected chi connectivity index (χ4v) is 2.24. The fraction of sp³-hybridized carbons (Fsp3) is 0.158. The van der Waals surface area contributed by atoms with Gasteiger partial charge in [0, 0.05) is 0 Å². The normalized spacial score (nSPS) is 10.4. The highest BCUT2D eigenvalue weighted by Gasteiger charge is 2.13. The van der Waals surface area contributed by atoms with Crippen molar-refractivity contribution in [3.63, 3.8) is 0 Å². The third-order valence-corrected chi connectivity index (χ3v) is 3.58. The molecule has 0 fully saturated rings. The van der Waals surface area contributed by atoms with Crippen LogP contribution < -0.4 is 4.74 Å². The number of esters is 1. The van der Waals surface area contributed by atoms with Crippen molar-refractivity contribution in [2.75, 3.05) is 0 Å². The highest BCUT2D eigenvalue weighted by Crippen LogP contribution is 2.22. The van der Waals surface area contributed by atoms with Crippen molar-refractivity contribution in [3.05, 3.63) is 77.2 Å². The van der Waals surface area contributed by atoms with Gasteiger partial charge in [0.15, 0.2) is 0 Å². The molecule has 0 radical (unpaired) electrons. The lowest BCUT2D eigenvalue weighted by atomic mass is 10.2. The SMILES string of the molecule is Cc1noc(C)c1COC(=O)c1cccc(Oc2ccccc2)c1. The molecular formula is C19H17NO4. The van der Waals surface area contributed by atoms with Crippen LogP contribution in [-0.4, -0.2) is 11.1 Å². The van der Waals surface area contributed by atoms with E-state index in [-0.39, 0.29) is 6.61 Å².